The van der Waals surface area contributed by atoms with Crippen LogP contribution in [-0.2, 0) is 6.54 Å². The van der Waals surface area contributed by atoms with Crippen molar-refractivity contribution in [2.24, 2.45) is 0 Å². The van der Waals surface area contributed by atoms with Crippen LogP contribution in [0.2, 0.25) is 5.02 Å². The van der Waals surface area contributed by atoms with Crippen LogP contribution in [0, 0.1) is 26.6 Å². The van der Waals surface area contributed by atoms with Crippen LogP contribution in [0.4, 0.5) is 4.39 Å². The molecule has 6 heteroatoms. The predicted molar refractivity (Wildman–Crippen MR) is 110 cm³/mol. The summed E-state index contributed by atoms with van der Waals surface area (Å²) in [6, 6.07) is 13.5. The Morgan fingerprint density at radius 3 is 2.57 bits per heavy atom. The molecule has 0 fully saturated rings. The van der Waals surface area contributed by atoms with Crippen molar-refractivity contribution in [3.05, 3.63) is 92.1 Å². The molecule has 0 spiro atoms. The number of hydrogen-bond acceptors (Lipinski definition) is 2. The summed E-state index contributed by atoms with van der Waals surface area (Å²) < 4.78 is 17.1. The number of rotatable bonds is 3. The molecular formula is C22H19ClFN3O. The van der Waals surface area contributed by atoms with Crippen LogP contribution in [0.25, 0.3) is 16.7 Å². The third kappa shape index (κ3) is 3.02. The summed E-state index contributed by atoms with van der Waals surface area (Å²) in [4.78, 5) is 12.9. The molecule has 28 heavy (non-hydrogen) atoms. The maximum atomic E-state index is 13.7. The molecule has 142 valence electrons. The maximum Gasteiger partial charge on any atom is 0.252 e. The zero-order valence-corrected chi connectivity index (χ0v) is 16.6. The Kier molecular flexibility index (Phi) is 4.55. The van der Waals surface area contributed by atoms with Gasteiger partial charge in [0.15, 0.2) is 0 Å². The highest BCUT2D eigenvalue weighted by molar-refractivity contribution is 6.31. The SMILES string of the molecule is Cc1c(Cl)cccc1-n1nc(C)c2c(C)cc(=O)n(Cc3cccc(F)c3)c21. The van der Waals surface area contributed by atoms with Gasteiger partial charge in [-0.3, -0.25) is 9.36 Å². The molecule has 0 bridgehead atoms. The van der Waals surface area contributed by atoms with E-state index in [4.69, 9.17) is 16.7 Å². The van der Waals surface area contributed by atoms with Crippen molar-refractivity contribution in [3.8, 4) is 5.69 Å². The molecule has 0 aliphatic heterocycles. The van der Waals surface area contributed by atoms with Crippen LogP contribution in [0.3, 0.4) is 0 Å². The molecule has 4 nitrogen and oxygen atoms in total. The van der Waals surface area contributed by atoms with Crippen LogP contribution in [0.5, 0.6) is 0 Å². The molecule has 0 atom stereocenters. The maximum absolute atomic E-state index is 13.7. The third-order valence-corrected chi connectivity index (χ3v) is 5.40. The van der Waals surface area contributed by atoms with Gasteiger partial charge in [0, 0.05) is 16.5 Å². The Hall–Kier alpha value is -2.92. The summed E-state index contributed by atoms with van der Waals surface area (Å²) >= 11 is 6.32. The quantitative estimate of drug-likeness (QED) is 0.492. The minimum atomic E-state index is -0.329. The van der Waals surface area contributed by atoms with Gasteiger partial charge in [-0.25, -0.2) is 9.07 Å². The number of fused-ring (bicyclic) bond motifs is 1. The summed E-state index contributed by atoms with van der Waals surface area (Å²) in [5, 5.41) is 6.25. The Bertz CT molecular complexity index is 1270. The van der Waals surface area contributed by atoms with Gasteiger partial charge in [0.1, 0.15) is 11.5 Å². The van der Waals surface area contributed by atoms with E-state index in [-0.39, 0.29) is 17.9 Å². The second-order valence-corrected chi connectivity index (χ2v) is 7.37. The summed E-state index contributed by atoms with van der Waals surface area (Å²) in [7, 11) is 0. The van der Waals surface area contributed by atoms with E-state index >= 15 is 0 Å². The number of halogens is 2. The molecule has 0 saturated carbocycles. The first-order valence-electron chi connectivity index (χ1n) is 8.96. The summed E-state index contributed by atoms with van der Waals surface area (Å²) in [6.07, 6.45) is 0. The fourth-order valence-corrected chi connectivity index (χ4v) is 3.80. The Morgan fingerprint density at radius 2 is 1.82 bits per heavy atom. The number of aromatic nitrogens is 3. The van der Waals surface area contributed by atoms with Crippen molar-refractivity contribution in [2.75, 3.05) is 0 Å². The van der Waals surface area contributed by atoms with Crippen LogP contribution < -0.4 is 5.56 Å². The van der Waals surface area contributed by atoms with Gasteiger partial charge in [-0.2, -0.15) is 5.10 Å². The minimum Gasteiger partial charge on any atom is -0.288 e. The molecule has 0 unspecified atom stereocenters. The minimum absolute atomic E-state index is 0.157. The molecule has 0 N–H and O–H groups in total. The Morgan fingerprint density at radius 1 is 1.07 bits per heavy atom. The number of aryl methyl sites for hydroxylation is 2. The molecule has 4 aromatic rings. The molecule has 0 amide bonds. The van der Waals surface area contributed by atoms with E-state index < -0.39 is 0 Å². The molecule has 0 aliphatic carbocycles. The van der Waals surface area contributed by atoms with Crippen molar-refractivity contribution < 1.29 is 4.39 Å². The molecular weight excluding hydrogens is 377 g/mol. The highest BCUT2D eigenvalue weighted by Crippen LogP contribution is 2.28. The van der Waals surface area contributed by atoms with Crippen molar-refractivity contribution in [2.45, 2.75) is 27.3 Å². The van der Waals surface area contributed by atoms with Crippen LogP contribution in [-0.4, -0.2) is 14.3 Å². The van der Waals surface area contributed by atoms with Gasteiger partial charge in [0.2, 0.25) is 0 Å². The zero-order valence-electron chi connectivity index (χ0n) is 15.8. The average molecular weight is 396 g/mol. The van der Waals surface area contributed by atoms with Crippen molar-refractivity contribution in [1.82, 2.24) is 14.3 Å². The van der Waals surface area contributed by atoms with E-state index in [2.05, 4.69) is 0 Å². The van der Waals surface area contributed by atoms with E-state index in [1.165, 1.54) is 12.1 Å². The second kappa shape index (κ2) is 6.91. The van der Waals surface area contributed by atoms with Crippen molar-refractivity contribution >= 4 is 22.6 Å². The normalized spacial score (nSPS) is 11.3. The molecule has 2 aromatic heterocycles. The first kappa shape index (κ1) is 18.4. The molecule has 4 rings (SSSR count). The lowest BCUT2D eigenvalue weighted by Gasteiger charge is -2.14. The van der Waals surface area contributed by atoms with E-state index in [9.17, 15) is 9.18 Å². The molecule has 2 heterocycles. The third-order valence-electron chi connectivity index (χ3n) is 4.99. The largest absolute Gasteiger partial charge is 0.288 e. The highest BCUT2D eigenvalue weighted by atomic mass is 35.5. The molecule has 0 radical (unpaired) electrons. The smallest absolute Gasteiger partial charge is 0.252 e. The number of hydrogen-bond donors (Lipinski definition) is 0. The van der Waals surface area contributed by atoms with Crippen molar-refractivity contribution in [1.29, 1.82) is 0 Å². The van der Waals surface area contributed by atoms with Gasteiger partial charge in [0.25, 0.3) is 5.56 Å². The van der Waals surface area contributed by atoms with E-state index in [0.717, 1.165) is 27.9 Å². The first-order valence-corrected chi connectivity index (χ1v) is 9.34. The van der Waals surface area contributed by atoms with E-state index in [1.807, 2.05) is 39.0 Å². The summed E-state index contributed by atoms with van der Waals surface area (Å²) in [6.45, 7) is 5.99. The number of benzene rings is 2. The highest BCUT2D eigenvalue weighted by Gasteiger charge is 2.18. The van der Waals surface area contributed by atoms with Gasteiger partial charge < -0.3 is 0 Å². The Balaban J connectivity index is 2.05. The molecule has 0 aliphatic rings. The fraction of sp³-hybridized carbons (Fsp3) is 0.182. The van der Waals surface area contributed by atoms with Crippen LogP contribution >= 0.6 is 11.6 Å². The monoisotopic (exact) mass is 395 g/mol. The number of nitrogens with zero attached hydrogens (tertiary/aromatic N) is 3. The Labute approximate surface area is 166 Å². The summed E-state index contributed by atoms with van der Waals surface area (Å²) in [5.41, 5.74) is 4.59. The standard InChI is InChI=1S/C22H19ClFN3O/c1-13-10-20(28)26(12-16-6-4-7-17(24)11-16)22-21(13)15(3)25-27(22)19-9-5-8-18(23)14(19)2/h4-11H,12H2,1-3H3. The van der Waals surface area contributed by atoms with Gasteiger partial charge >= 0.3 is 0 Å². The number of pyridine rings is 1. The van der Waals surface area contributed by atoms with Gasteiger partial charge in [-0.15, -0.1) is 0 Å². The average Bonchev–Trinajstić information content (AvgIpc) is 2.98. The van der Waals surface area contributed by atoms with Crippen molar-refractivity contribution in [3.63, 3.8) is 0 Å². The predicted octanol–water partition coefficient (Wildman–Crippen LogP) is 4.95. The summed E-state index contributed by atoms with van der Waals surface area (Å²) in [5.74, 6) is -0.329. The lowest BCUT2D eigenvalue weighted by atomic mass is 10.1. The van der Waals surface area contributed by atoms with Gasteiger partial charge in [-0.05, 0) is 61.7 Å². The second-order valence-electron chi connectivity index (χ2n) is 6.96. The molecule has 2 aromatic carbocycles. The van der Waals surface area contributed by atoms with E-state index in [0.29, 0.717) is 16.2 Å². The first-order chi connectivity index (χ1) is 13.4. The lowest BCUT2D eigenvalue weighted by Crippen LogP contribution is -2.23. The fourth-order valence-electron chi connectivity index (χ4n) is 3.63. The van der Waals surface area contributed by atoms with E-state index in [1.54, 1.807) is 27.4 Å². The lowest BCUT2D eigenvalue weighted by molar-refractivity contribution is 0.623. The topological polar surface area (TPSA) is 39.8 Å². The van der Waals surface area contributed by atoms with Crippen LogP contribution in [0.15, 0.2) is 53.3 Å². The van der Waals surface area contributed by atoms with Crippen LogP contribution in [0.1, 0.15) is 22.4 Å². The molecule has 0 saturated heterocycles. The zero-order chi connectivity index (χ0) is 20.0. The van der Waals surface area contributed by atoms with Gasteiger partial charge in [0.05, 0.1) is 17.9 Å². The van der Waals surface area contributed by atoms with Gasteiger partial charge in [-0.1, -0.05) is 29.8 Å².